The quantitative estimate of drug-likeness (QED) is 0.446. The first-order valence-corrected chi connectivity index (χ1v) is 11.7. The number of anilines is 1. The van der Waals surface area contributed by atoms with Crippen LogP contribution in [0.2, 0.25) is 0 Å². The van der Waals surface area contributed by atoms with Gasteiger partial charge in [0, 0.05) is 35.7 Å². The van der Waals surface area contributed by atoms with Crippen molar-refractivity contribution in [1.29, 1.82) is 0 Å². The van der Waals surface area contributed by atoms with Gasteiger partial charge in [-0.05, 0) is 60.4 Å². The molecule has 0 saturated heterocycles. The van der Waals surface area contributed by atoms with E-state index in [9.17, 15) is 14.0 Å². The van der Waals surface area contributed by atoms with Crippen LogP contribution in [0.3, 0.4) is 0 Å². The number of Topliss-reactive ketones (excluding diaryl/α,β-unsaturated/α-hetero) is 1. The highest BCUT2D eigenvalue weighted by Gasteiger charge is 2.40. The third kappa shape index (κ3) is 4.56. The third-order valence-electron chi connectivity index (χ3n) is 6.59. The van der Waals surface area contributed by atoms with Crippen LogP contribution in [0.4, 0.5) is 10.1 Å². The molecule has 2 aliphatic rings. The summed E-state index contributed by atoms with van der Waals surface area (Å²) in [4.78, 5) is 28.0. The van der Waals surface area contributed by atoms with Crippen molar-refractivity contribution in [3.63, 3.8) is 0 Å². The molecule has 1 heterocycles. The van der Waals surface area contributed by atoms with E-state index in [4.69, 9.17) is 9.47 Å². The highest BCUT2D eigenvalue weighted by atomic mass is 19.1. The van der Waals surface area contributed by atoms with Gasteiger partial charge in [0.05, 0.1) is 7.11 Å². The maximum absolute atomic E-state index is 13.5. The zero-order valence-corrected chi connectivity index (χ0v) is 19.5. The Balaban J connectivity index is 1.49. The number of nitrogens with zero attached hydrogens (tertiary/aromatic N) is 1. The highest BCUT2D eigenvalue weighted by molar-refractivity contribution is 6.07. The molecule has 178 valence electrons. The van der Waals surface area contributed by atoms with Crippen molar-refractivity contribution in [3.05, 3.63) is 101 Å². The summed E-state index contributed by atoms with van der Waals surface area (Å²) in [5, 5.41) is 0. The van der Waals surface area contributed by atoms with Crippen molar-refractivity contribution < 1.29 is 23.5 Å². The van der Waals surface area contributed by atoms with E-state index < -0.39 is 0 Å². The number of ketones is 1. The van der Waals surface area contributed by atoms with Crippen LogP contribution in [0.15, 0.2) is 84.1 Å². The van der Waals surface area contributed by atoms with Gasteiger partial charge in [0.15, 0.2) is 17.3 Å². The van der Waals surface area contributed by atoms with Gasteiger partial charge in [-0.25, -0.2) is 4.39 Å². The average molecular weight is 472 g/mol. The fourth-order valence-corrected chi connectivity index (χ4v) is 4.92. The van der Waals surface area contributed by atoms with Crippen molar-refractivity contribution in [2.75, 3.05) is 12.0 Å². The number of hydrogen-bond donors (Lipinski definition) is 0. The standard InChI is InChI=1S/C29H26FNO4/c1-34-27-16-20(10-15-26(27)35-18-19-6-3-2-4-7-19)23-17-28(33)31(22-13-11-21(30)12-14-22)24-8-5-9-25(32)29(23)24/h2-4,6-7,10-16,23H,5,8-9,17-18H2,1H3. The zero-order chi connectivity index (χ0) is 24.4. The SMILES string of the molecule is COc1cc(C2CC(=O)N(c3ccc(F)cc3)C3=C2C(=O)CCC3)ccc1OCc1ccccc1. The maximum atomic E-state index is 13.5. The maximum Gasteiger partial charge on any atom is 0.232 e. The Bertz CT molecular complexity index is 1280. The minimum atomic E-state index is -0.369. The Labute approximate surface area is 203 Å². The van der Waals surface area contributed by atoms with Crippen molar-refractivity contribution in [2.24, 2.45) is 0 Å². The van der Waals surface area contributed by atoms with E-state index in [1.807, 2.05) is 48.5 Å². The molecule has 5 nitrogen and oxygen atoms in total. The van der Waals surface area contributed by atoms with Gasteiger partial charge in [-0.1, -0.05) is 36.4 Å². The zero-order valence-electron chi connectivity index (χ0n) is 19.5. The fraction of sp³-hybridized carbons (Fsp3) is 0.241. The second-order valence-electron chi connectivity index (χ2n) is 8.78. The van der Waals surface area contributed by atoms with Crippen LogP contribution >= 0.6 is 0 Å². The molecule has 5 rings (SSSR count). The van der Waals surface area contributed by atoms with Gasteiger partial charge in [-0.3, -0.25) is 14.5 Å². The number of carbonyl (C=O) groups excluding carboxylic acids is 2. The lowest BCUT2D eigenvalue weighted by atomic mass is 9.77. The van der Waals surface area contributed by atoms with Gasteiger partial charge in [-0.15, -0.1) is 0 Å². The van der Waals surface area contributed by atoms with E-state index in [-0.39, 0.29) is 29.8 Å². The van der Waals surface area contributed by atoms with Crippen molar-refractivity contribution in [1.82, 2.24) is 0 Å². The summed E-state index contributed by atoms with van der Waals surface area (Å²) in [6.07, 6.45) is 1.91. The Kier molecular flexibility index (Phi) is 6.36. The number of allylic oxidation sites excluding steroid dienone is 2. The molecular formula is C29H26FNO4. The molecule has 0 spiro atoms. The molecule has 1 aliphatic carbocycles. The van der Waals surface area contributed by atoms with Gasteiger partial charge in [0.2, 0.25) is 5.91 Å². The van der Waals surface area contributed by atoms with Gasteiger partial charge >= 0.3 is 0 Å². The number of rotatable bonds is 6. The normalized spacial score (nSPS) is 17.9. The molecule has 0 N–H and O–H groups in total. The average Bonchev–Trinajstić information content (AvgIpc) is 2.88. The summed E-state index contributed by atoms with van der Waals surface area (Å²) < 4.78 is 25.1. The van der Waals surface area contributed by atoms with Crippen LogP contribution < -0.4 is 14.4 Å². The van der Waals surface area contributed by atoms with Crippen LogP contribution in [0.25, 0.3) is 0 Å². The third-order valence-corrected chi connectivity index (χ3v) is 6.59. The van der Waals surface area contributed by atoms with Crippen LogP contribution in [-0.4, -0.2) is 18.8 Å². The lowest BCUT2D eigenvalue weighted by molar-refractivity contribution is -0.119. The molecule has 0 aromatic heterocycles. The second-order valence-corrected chi connectivity index (χ2v) is 8.78. The minimum absolute atomic E-state index is 0.0548. The first kappa shape index (κ1) is 22.8. The fourth-order valence-electron chi connectivity index (χ4n) is 4.92. The van der Waals surface area contributed by atoms with Gasteiger partial charge in [0.1, 0.15) is 12.4 Å². The van der Waals surface area contributed by atoms with Crippen molar-refractivity contribution in [2.45, 2.75) is 38.2 Å². The summed E-state index contributed by atoms with van der Waals surface area (Å²) >= 11 is 0. The predicted octanol–water partition coefficient (Wildman–Crippen LogP) is 5.94. The summed E-state index contributed by atoms with van der Waals surface area (Å²) in [5.41, 5.74) is 3.85. The first-order chi connectivity index (χ1) is 17.0. The van der Waals surface area contributed by atoms with Crippen molar-refractivity contribution >= 4 is 17.4 Å². The Morgan fingerprint density at radius 2 is 1.71 bits per heavy atom. The van der Waals surface area contributed by atoms with Crippen LogP contribution in [0.1, 0.15) is 42.7 Å². The molecule has 0 saturated carbocycles. The topological polar surface area (TPSA) is 55.8 Å². The number of benzene rings is 3. The number of methoxy groups -OCH3 is 1. The lowest BCUT2D eigenvalue weighted by Gasteiger charge is -2.38. The van der Waals surface area contributed by atoms with E-state index in [1.165, 1.54) is 12.1 Å². The molecule has 1 unspecified atom stereocenters. The van der Waals surface area contributed by atoms with E-state index in [0.717, 1.165) is 16.8 Å². The number of amides is 1. The molecule has 1 amide bonds. The number of ether oxygens (including phenoxy) is 2. The van der Waals surface area contributed by atoms with Gasteiger partial charge in [0.25, 0.3) is 0 Å². The molecule has 0 bridgehead atoms. The molecule has 0 fully saturated rings. The Morgan fingerprint density at radius 3 is 2.46 bits per heavy atom. The van der Waals surface area contributed by atoms with Crippen LogP contribution in [-0.2, 0) is 16.2 Å². The Hall–Kier alpha value is -3.93. The number of carbonyl (C=O) groups is 2. The molecule has 6 heteroatoms. The molecule has 1 aliphatic heterocycles. The van der Waals surface area contributed by atoms with Crippen LogP contribution in [0, 0.1) is 5.82 Å². The molecule has 0 radical (unpaired) electrons. The van der Waals surface area contributed by atoms with E-state index in [1.54, 1.807) is 24.1 Å². The molecule has 3 aromatic carbocycles. The Morgan fingerprint density at radius 1 is 0.943 bits per heavy atom. The largest absolute Gasteiger partial charge is 0.493 e. The minimum Gasteiger partial charge on any atom is -0.493 e. The predicted molar refractivity (Wildman–Crippen MR) is 131 cm³/mol. The molecular weight excluding hydrogens is 445 g/mol. The number of halogens is 1. The summed E-state index contributed by atoms with van der Waals surface area (Å²) in [6.45, 7) is 0.402. The van der Waals surface area contributed by atoms with Crippen LogP contribution in [0.5, 0.6) is 11.5 Å². The lowest BCUT2D eigenvalue weighted by Crippen LogP contribution is -2.40. The summed E-state index contributed by atoms with van der Waals surface area (Å²) in [7, 11) is 1.58. The number of hydrogen-bond acceptors (Lipinski definition) is 4. The molecule has 35 heavy (non-hydrogen) atoms. The van der Waals surface area contributed by atoms with E-state index >= 15 is 0 Å². The first-order valence-electron chi connectivity index (χ1n) is 11.7. The van der Waals surface area contributed by atoms with E-state index in [0.29, 0.717) is 48.6 Å². The smallest absolute Gasteiger partial charge is 0.232 e. The van der Waals surface area contributed by atoms with Gasteiger partial charge < -0.3 is 9.47 Å². The second kappa shape index (κ2) is 9.74. The van der Waals surface area contributed by atoms with E-state index in [2.05, 4.69) is 0 Å². The highest BCUT2D eigenvalue weighted by Crippen LogP contribution is 2.45. The molecule has 3 aromatic rings. The van der Waals surface area contributed by atoms with Gasteiger partial charge in [-0.2, -0.15) is 0 Å². The van der Waals surface area contributed by atoms with Crippen molar-refractivity contribution in [3.8, 4) is 11.5 Å². The molecule has 1 atom stereocenters. The monoisotopic (exact) mass is 471 g/mol. The summed E-state index contributed by atoms with van der Waals surface area (Å²) in [6, 6.07) is 21.3. The summed E-state index contributed by atoms with van der Waals surface area (Å²) in [5.74, 6) is 0.361.